The molecular weight excluding hydrogens is 377 g/mol. The molecule has 0 atom stereocenters. The van der Waals surface area contributed by atoms with Crippen LogP contribution in [0.1, 0.15) is 28.1 Å². The van der Waals surface area contributed by atoms with E-state index in [4.69, 9.17) is 11.6 Å². The summed E-state index contributed by atoms with van der Waals surface area (Å²) in [6.45, 7) is 6.26. The average molecular weight is 400 g/mol. The third kappa shape index (κ3) is 4.60. The van der Waals surface area contributed by atoms with E-state index in [9.17, 15) is 9.18 Å². The lowest BCUT2D eigenvalue weighted by atomic mass is 10.1. The third-order valence-electron chi connectivity index (χ3n) is 4.80. The molecule has 4 nitrogen and oxygen atoms in total. The lowest BCUT2D eigenvalue weighted by molar-refractivity contribution is -0.120. The molecule has 1 heterocycles. The second kappa shape index (κ2) is 8.57. The maximum absolute atomic E-state index is 13.2. The van der Waals surface area contributed by atoms with Crippen LogP contribution in [0.5, 0.6) is 0 Å². The van der Waals surface area contributed by atoms with E-state index in [1.165, 1.54) is 12.1 Å². The van der Waals surface area contributed by atoms with Crippen molar-refractivity contribution in [3.8, 4) is 5.69 Å². The molecule has 1 aromatic heterocycles. The zero-order valence-corrected chi connectivity index (χ0v) is 17.0. The molecule has 0 radical (unpaired) electrons. The van der Waals surface area contributed by atoms with Gasteiger partial charge in [-0.3, -0.25) is 4.79 Å². The highest BCUT2D eigenvalue weighted by Gasteiger charge is 2.16. The Morgan fingerprint density at radius 2 is 1.96 bits per heavy atom. The molecule has 0 saturated carbocycles. The lowest BCUT2D eigenvalue weighted by Crippen LogP contribution is -2.27. The second-order valence-electron chi connectivity index (χ2n) is 6.90. The molecule has 0 aliphatic heterocycles. The Labute approximate surface area is 169 Å². The summed E-state index contributed by atoms with van der Waals surface area (Å²) >= 11 is 6.24. The molecule has 6 heteroatoms. The normalized spacial score (nSPS) is 10.9. The monoisotopic (exact) mass is 399 g/mol. The Kier molecular flexibility index (Phi) is 6.15. The number of nitrogens with zero attached hydrogens (tertiary/aromatic N) is 2. The molecule has 1 N–H and O–H groups in total. The predicted octanol–water partition coefficient (Wildman–Crippen LogP) is 4.49. The number of aryl methyl sites for hydroxylation is 2. The number of carbonyl (C=O) groups is 1. The maximum Gasteiger partial charge on any atom is 0.224 e. The molecule has 0 bridgehead atoms. The van der Waals surface area contributed by atoms with E-state index in [1.807, 2.05) is 49.7 Å². The van der Waals surface area contributed by atoms with Gasteiger partial charge in [0.1, 0.15) is 5.82 Å². The smallest absolute Gasteiger partial charge is 0.224 e. The van der Waals surface area contributed by atoms with Gasteiger partial charge < -0.3 is 5.32 Å². The molecule has 0 saturated heterocycles. The highest BCUT2D eigenvalue weighted by Crippen LogP contribution is 2.23. The van der Waals surface area contributed by atoms with Crippen molar-refractivity contribution in [3.05, 3.63) is 81.4 Å². The van der Waals surface area contributed by atoms with Crippen molar-refractivity contribution in [2.45, 2.75) is 33.6 Å². The summed E-state index contributed by atoms with van der Waals surface area (Å²) in [7, 11) is 0. The van der Waals surface area contributed by atoms with Crippen LogP contribution in [0, 0.1) is 26.6 Å². The number of hydrogen-bond donors (Lipinski definition) is 1. The average Bonchev–Trinajstić information content (AvgIpc) is 2.92. The van der Waals surface area contributed by atoms with Crippen LogP contribution in [-0.4, -0.2) is 22.2 Å². The fraction of sp³-hybridized carbons (Fsp3) is 0.273. The van der Waals surface area contributed by atoms with Crippen LogP contribution in [0.25, 0.3) is 5.69 Å². The fourth-order valence-corrected chi connectivity index (χ4v) is 3.33. The topological polar surface area (TPSA) is 46.9 Å². The van der Waals surface area contributed by atoms with Gasteiger partial charge in [0.05, 0.1) is 17.8 Å². The summed E-state index contributed by atoms with van der Waals surface area (Å²) < 4.78 is 15.0. The summed E-state index contributed by atoms with van der Waals surface area (Å²) in [5.41, 5.74) is 5.36. The SMILES string of the molecule is Cc1ccc(-n2nc(C)c(CC(=O)NCCc3cccc(F)c3)c2C)cc1Cl. The first-order valence-corrected chi connectivity index (χ1v) is 9.55. The van der Waals surface area contributed by atoms with Gasteiger partial charge in [0.15, 0.2) is 0 Å². The number of aromatic nitrogens is 2. The van der Waals surface area contributed by atoms with E-state index in [0.717, 1.165) is 33.8 Å². The Balaban J connectivity index is 1.66. The number of nitrogens with one attached hydrogen (secondary N) is 1. The van der Waals surface area contributed by atoms with Crippen LogP contribution < -0.4 is 5.32 Å². The minimum absolute atomic E-state index is 0.0795. The maximum atomic E-state index is 13.2. The largest absolute Gasteiger partial charge is 0.355 e. The van der Waals surface area contributed by atoms with Gasteiger partial charge in [0.25, 0.3) is 0 Å². The van der Waals surface area contributed by atoms with Crippen LogP contribution in [0.4, 0.5) is 4.39 Å². The summed E-state index contributed by atoms with van der Waals surface area (Å²) in [5.74, 6) is -0.345. The van der Waals surface area contributed by atoms with Crippen molar-refractivity contribution in [3.63, 3.8) is 0 Å². The number of halogens is 2. The van der Waals surface area contributed by atoms with E-state index in [2.05, 4.69) is 10.4 Å². The predicted molar refractivity (Wildman–Crippen MR) is 110 cm³/mol. The highest BCUT2D eigenvalue weighted by molar-refractivity contribution is 6.31. The first-order chi connectivity index (χ1) is 13.3. The molecule has 0 spiro atoms. The van der Waals surface area contributed by atoms with Crippen molar-refractivity contribution in [1.29, 1.82) is 0 Å². The van der Waals surface area contributed by atoms with Crippen LogP contribution in [-0.2, 0) is 17.6 Å². The number of carbonyl (C=O) groups excluding carboxylic acids is 1. The van der Waals surface area contributed by atoms with Crippen molar-refractivity contribution in [2.75, 3.05) is 6.54 Å². The van der Waals surface area contributed by atoms with E-state index in [-0.39, 0.29) is 18.1 Å². The van der Waals surface area contributed by atoms with Crippen molar-refractivity contribution < 1.29 is 9.18 Å². The number of benzene rings is 2. The van der Waals surface area contributed by atoms with Gasteiger partial charge in [-0.2, -0.15) is 5.10 Å². The van der Waals surface area contributed by atoms with E-state index in [0.29, 0.717) is 18.0 Å². The summed E-state index contributed by atoms with van der Waals surface area (Å²) in [4.78, 5) is 12.4. The Morgan fingerprint density at radius 1 is 1.18 bits per heavy atom. The number of hydrogen-bond acceptors (Lipinski definition) is 2. The van der Waals surface area contributed by atoms with Gasteiger partial charge >= 0.3 is 0 Å². The van der Waals surface area contributed by atoms with Gasteiger partial charge in [-0.1, -0.05) is 29.8 Å². The second-order valence-corrected chi connectivity index (χ2v) is 7.31. The van der Waals surface area contributed by atoms with E-state index < -0.39 is 0 Å². The van der Waals surface area contributed by atoms with Crippen molar-refractivity contribution in [2.24, 2.45) is 0 Å². The zero-order valence-electron chi connectivity index (χ0n) is 16.2. The zero-order chi connectivity index (χ0) is 20.3. The number of rotatable bonds is 6. The third-order valence-corrected chi connectivity index (χ3v) is 5.21. The minimum atomic E-state index is -0.265. The van der Waals surface area contributed by atoms with Crippen LogP contribution in [0.15, 0.2) is 42.5 Å². The van der Waals surface area contributed by atoms with Crippen LogP contribution in [0.2, 0.25) is 5.02 Å². The molecule has 146 valence electrons. The Hall–Kier alpha value is -2.66. The first kappa shape index (κ1) is 20.1. The van der Waals surface area contributed by atoms with Crippen LogP contribution >= 0.6 is 11.6 Å². The molecular formula is C22H23ClFN3O. The minimum Gasteiger partial charge on any atom is -0.355 e. The quantitative estimate of drug-likeness (QED) is 0.663. The molecule has 3 aromatic rings. The number of amides is 1. The van der Waals surface area contributed by atoms with E-state index in [1.54, 1.807) is 6.07 Å². The van der Waals surface area contributed by atoms with E-state index >= 15 is 0 Å². The van der Waals surface area contributed by atoms with Gasteiger partial charge in [0, 0.05) is 22.8 Å². The van der Waals surface area contributed by atoms with Gasteiger partial charge in [-0.05, 0) is 62.6 Å². The molecule has 1 amide bonds. The standard InChI is InChI=1S/C22H23ClFN3O/c1-14-7-8-19(12-21(14)23)27-16(3)20(15(2)26-27)13-22(28)25-10-9-17-5-4-6-18(24)11-17/h4-8,11-12H,9-10,13H2,1-3H3,(H,25,28). The lowest BCUT2D eigenvalue weighted by Gasteiger charge is -2.08. The first-order valence-electron chi connectivity index (χ1n) is 9.18. The molecule has 2 aromatic carbocycles. The van der Waals surface area contributed by atoms with Gasteiger partial charge in [-0.15, -0.1) is 0 Å². The van der Waals surface area contributed by atoms with Gasteiger partial charge in [-0.25, -0.2) is 9.07 Å². The summed E-state index contributed by atoms with van der Waals surface area (Å²) in [6, 6.07) is 12.2. The molecule has 0 unspecified atom stereocenters. The Morgan fingerprint density at radius 3 is 2.68 bits per heavy atom. The summed E-state index contributed by atoms with van der Waals surface area (Å²) in [6.07, 6.45) is 0.836. The molecule has 0 fully saturated rings. The van der Waals surface area contributed by atoms with Crippen LogP contribution in [0.3, 0.4) is 0 Å². The fourth-order valence-electron chi connectivity index (χ4n) is 3.16. The van der Waals surface area contributed by atoms with Crippen molar-refractivity contribution in [1.82, 2.24) is 15.1 Å². The molecule has 3 rings (SSSR count). The van der Waals surface area contributed by atoms with Crippen molar-refractivity contribution >= 4 is 17.5 Å². The summed E-state index contributed by atoms with van der Waals surface area (Å²) in [5, 5.41) is 8.16. The highest BCUT2D eigenvalue weighted by atomic mass is 35.5. The Bertz CT molecular complexity index is 1010. The van der Waals surface area contributed by atoms with Gasteiger partial charge in [0.2, 0.25) is 5.91 Å². The molecule has 28 heavy (non-hydrogen) atoms. The molecule has 0 aliphatic rings. The molecule has 0 aliphatic carbocycles.